The number of hydrogen-bond acceptors (Lipinski definition) is 6. The third kappa shape index (κ3) is 7.75. The zero-order valence-electron chi connectivity index (χ0n) is 8.74. The first kappa shape index (κ1) is 16.8. The van der Waals surface area contributed by atoms with Gasteiger partial charge in [0.25, 0.3) is 0 Å². The Labute approximate surface area is 94.0 Å². The van der Waals surface area contributed by atoms with Crippen LogP contribution in [-0.2, 0) is 39.0 Å². The summed E-state index contributed by atoms with van der Waals surface area (Å²) in [6.45, 7) is 0.644. The van der Waals surface area contributed by atoms with Crippen LogP contribution in [0.2, 0.25) is 6.04 Å². The third-order valence-electron chi connectivity index (χ3n) is 1.62. The summed E-state index contributed by atoms with van der Waals surface area (Å²) in [6.07, 6.45) is 0.877. The molecule has 6 nitrogen and oxygen atoms in total. The van der Waals surface area contributed by atoms with Crippen LogP contribution < -0.4 is 5.73 Å². The minimum atomic E-state index is -2.32. The topological polar surface area (TPSA) is 87.8 Å². The van der Waals surface area contributed by atoms with E-state index in [0.29, 0.717) is 6.54 Å². The van der Waals surface area contributed by atoms with Gasteiger partial charge in [0.2, 0.25) is 0 Å². The van der Waals surface area contributed by atoms with Gasteiger partial charge in [-0.15, -0.1) is 0 Å². The Morgan fingerprint density at radius 2 is 1.50 bits per heavy atom. The van der Waals surface area contributed by atoms with E-state index in [2.05, 4.69) is 0 Å². The van der Waals surface area contributed by atoms with Gasteiger partial charge in [0.15, 0.2) is 0 Å². The molecule has 0 amide bonds. The maximum atomic E-state index is 8.50. The van der Waals surface area contributed by atoms with Gasteiger partial charge in [0, 0.05) is 27.4 Å². The summed E-state index contributed by atoms with van der Waals surface area (Å²) in [5.41, 5.74) is 5.36. The normalized spacial score (nSPS) is 10.0. The second-order valence-electron chi connectivity index (χ2n) is 2.27. The molecule has 2 N–H and O–H groups in total. The molecule has 0 unspecified atom stereocenters. The van der Waals surface area contributed by atoms with Crippen molar-refractivity contribution in [3.05, 3.63) is 0 Å². The van der Waals surface area contributed by atoms with E-state index in [0.717, 1.165) is 12.5 Å². The summed E-state index contributed by atoms with van der Waals surface area (Å²) < 4.78 is 32.5. The van der Waals surface area contributed by atoms with E-state index in [1.54, 1.807) is 21.3 Å². The number of rotatable bonds is 6. The monoisotopic (exact) mass is 259 g/mol. The average molecular weight is 259 g/mol. The molecule has 8 heteroatoms. The fourth-order valence-electron chi connectivity index (χ4n) is 0.875. The SMILES string of the molecule is CO[Si](CCCN)(OC)OC.[O]=[Ti]=[O]. The molecule has 0 atom stereocenters. The molecule has 0 fully saturated rings. The fraction of sp³-hybridized carbons (Fsp3) is 1.00. The van der Waals surface area contributed by atoms with E-state index < -0.39 is 27.9 Å². The van der Waals surface area contributed by atoms with Crippen molar-refractivity contribution in [3.8, 4) is 0 Å². The summed E-state index contributed by atoms with van der Waals surface area (Å²) >= 11 is -2.00. The van der Waals surface area contributed by atoms with Gasteiger partial charge in [-0.25, -0.2) is 0 Å². The number of hydrogen-bond donors (Lipinski definition) is 1. The average Bonchev–Trinajstić information content (AvgIpc) is 2.22. The predicted molar refractivity (Wildman–Crippen MR) is 46.6 cm³/mol. The van der Waals surface area contributed by atoms with Crippen molar-refractivity contribution in [2.75, 3.05) is 27.9 Å². The van der Waals surface area contributed by atoms with Gasteiger partial charge >= 0.3 is 34.5 Å². The zero-order valence-corrected chi connectivity index (χ0v) is 11.3. The predicted octanol–water partition coefficient (Wildman–Crippen LogP) is -0.0268. The number of nitrogens with two attached hydrogens (primary N) is 1. The molecule has 0 rings (SSSR count). The summed E-state index contributed by atoms with van der Waals surface area (Å²) in [5, 5.41) is 0. The first-order valence-electron chi connectivity index (χ1n) is 4.01. The van der Waals surface area contributed by atoms with E-state index in [1.807, 2.05) is 0 Å². The van der Waals surface area contributed by atoms with Crippen LogP contribution in [0.5, 0.6) is 0 Å². The van der Waals surface area contributed by atoms with Crippen LogP contribution in [0, 0.1) is 0 Å². The Bertz CT molecular complexity index is 152. The van der Waals surface area contributed by atoms with Crippen molar-refractivity contribution in [1.82, 2.24) is 0 Å². The van der Waals surface area contributed by atoms with Crippen molar-refractivity contribution in [2.24, 2.45) is 5.73 Å². The summed E-state index contributed by atoms with van der Waals surface area (Å²) in [5.74, 6) is 0. The molecular weight excluding hydrogens is 242 g/mol. The molecule has 0 bridgehead atoms. The minimum absolute atomic E-state index is 0.644. The van der Waals surface area contributed by atoms with Gasteiger partial charge < -0.3 is 19.0 Å². The summed E-state index contributed by atoms with van der Waals surface area (Å²) in [7, 11) is 2.50. The van der Waals surface area contributed by atoms with Crippen LogP contribution in [0.25, 0.3) is 0 Å². The molecule has 0 aromatic carbocycles. The summed E-state index contributed by atoms with van der Waals surface area (Å²) in [4.78, 5) is 0. The maximum absolute atomic E-state index is 8.50. The van der Waals surface area contributed by atoms with Gasteiger partial charge in [-0.05, 0) is 13.0 Å². The van der Waals surface area contributed by atoms with Crippen LogP contribution in [0.15, 0.2) is 0 Å². The first-order chi connectivity index (χ1) is 6.66. The quantitative estimate of drug-likeness (QED) is 0.674. The van der Waals surface area contributed by atoms with E-state index in [-0.39, 0.29) is 0 Å². The van der Waals surface area contributed by atoms with Gasteiger partial charge in [-0.1, -0.05) is 0 Å². The Morgan fingerprint density at radius 1 is 1.14 bits per heavy atom. The molecular formula is C6H17NO5SiTi. The van der Waals surface area contributed by atoms with Crippen molar-refractivity contribution in [1.29, 1.82) is 0 Å². The van der Waals surface area contributed by atoms with Gasteiger partial charge in [0.05, 0.1) is 0 Å². The molecule has 0 aliphatic carbocycles. The van der Waals surface area contributed by atoms with Gasteiger partial charge in [-0.3, -0.25) is 0 Å². The molecule has 0 spiro atoms. The van der Waals surface area contributed by atoms with Gasteiger partial charge in [-0.2, -0.15) is 0 Å². The Balaban J connectivity index is 0. The van der Waals surface area contributed by atoms with Crippen LogP contribution >= 0.6 is 0 Å². The zero-order chi connectivity index (χ0) is 11.4. The summed E-state index contributed by atoms with van der Waals surface area (Å²) in [6, 6.07) is 0.785. The molecule has 0 heterocycles. The van der Waals surface area contributed by atoms with E-state index in [1.165, 1.54) is 0 Å². The molecule has 0 aromatic rings. The Kier molecular flexibility index (Phi) is 13.7. The molecule has 84 valence electrons. The van der Waals surface area contributed by atoms with Crippen molar-refractivity contribution in [3.63, 3.8) is 0 Å². The van der Waals surface area contributed by atoms with Crippen molar-refractivity contribution < 1.29 is 39.0 Å². The van der Waals surface area contributed by atoms with Crippen molar-refractivity contribution >= 4 is 8.80 Å². The second-order valence-corrected chi connectivity index (χ2v) is 5.62. The standard InChI is InChI=1S/C6H17NO3Si.2O.Ti/c1-8-11(9-2,10-3)6-4-5-7;;;/h4-7H2,1-3H3;;;. The van der Waals surface area contributed by atoms with Crippen LogP contribution in [0.3, 0.4) is 0 Å². The molecule has 0 radical (unpaired) electrons. The molecule has 14 heavy (non-hydrogen) atoms. The molecule has 0 saturated carbocycles. The molecule has 0 aliphatic rings. The molecule has 0 aliphatic heterocycles. The third-order valence-corrected chi connectivity index (χ3v) is 4.45. The Hall–Kier alpha value is 0.371. The molecule has 0 saturated heterocycles. The molecule has 0 aromatic heterocycles. The van der Waals surface area contributed by atoms with Gasteiger partial charge in [0.1, 0.15) is 0 Å². The second kappa shape index (κ2) is 11.4. The fourth-order valence-corrected chi connectivity index (χ4v) is 2.62. The van der Waals surface area contributed by atoms with Crippen molar-refractivity contribution in [2.45, 2.75) is 12.5 Å². The first-order valence-corrected chi connectivity index (χ1v) is 7.21. The van der Waals surface area contributed by atoms with Crippen LogP contribution in [-0.4, -0.2) is 36.7 Å². The van der Waals surface area contributed by atoms with Crippen LogP contribution in [0.1, 0.15) is 6.42 Å². The van der Waals surface area contributed by atoms with Crippen LogP contribution in [0.4, 0.5) is 0 Å². The van der Waals surface area contributed by atoms with E-state index in [4.69, 9.17) is 25.7 Å². The van der Waals surface area contributed by atoms with E-state index >= 15 is 0 Å². The van der Waals surface area contributed by atoms with E-state index in [9.17, 15) is 0 Å². The Morgan fingerprint density at radius 3 is 1.71 bits per heavy atom.